The van der Waals surface area contributed by atoms with Crippen LogP contribution in [-0.4, -0.2) is 11.1 Å². The lowest BCUT2D eigenvalue weighted by Gasteiger charge is -1.99. The lowest BCUT2D eigenvalue weighted by atomic mass is 10.2. The molecule has 0 atom stereocenters. The number of benzene rings is 2. The normalized spacial score (nSPS) is 11.1. The van der Waals surface area contributed by atoms with Crippen molar-refractivity contribution in [3.63, 3.8) is 0 Å². The zero-order chi connectivity index (χ0) is 16.2. The molecule has 114 valence electrons. The number of azo groups is 1. The fourth-order valence-electron chi connectivity index (χ4n) is 2.09. The van der Waals surface area contributed by atoms with E-state index < -0.39 is 5.97 Å². The third-order valence-corrected chi connectivity index (χ3v) is 3.29. The lowest BCUT2D eigenvalue weighted by molar-refractivity contribution is 0.0697. The van der Waals surface area contributed by atoms with Gasteiger partial charge in [-0.05, 0) is 36.4 Å². The second kappa shape index (κ2) is 6.23. The smallest absolute Gasteiger partial charge is 0.335 e. The standard InChI is InChI=1S/C17H12N2O4/c20-16-12(10-23-15-4-2-1-3-14(15)16)9-18-19-13-7-5-11(6-8-13)17(21)22/h1-8,10H,9H2,(H,21,22). The van der Waals surface area contributed by atoms with E-state index in [1.807, 2.05) is 0 Å². The molecule has 0 saturated heterocycles. The summed E-state index contributed by atoms with van der Waals surface area (Å²) in [6.07, 6.45) is 1.39. The summed E-state index contributed by atoms with van der Waals surface area (Å²) in [5.74, 6) is -0.998. The molecule has 3 aromatic rings. The molecule has 0 bridgehead atoms. The second-order valence-electron chi connectivity index (χ2n) is 4.84. The molecule has 0 amide bonds. The molecule has 1 aromatic heterocycles. The SMILES string of the molecule is O=C(O)c1ccc(N=NCc2coc3ccccc3c2=O)cc1. The quantitative estimate of drug-likeness (QED) is 0.742. The van der Waals surface area contributed by atoms with Crippen LogP contribution in [0.3, 0.4) is 0 Å². The van der Waals surface area contributed by atoms with Gasteiger partial charge in [-0.3, -0.25) is 4.79 Å². The molecule has 0 aliphatic rings. The summed E-state index contributed by atoms with van der Waals surface area (Å²) in [4.78, 5) is 23.0. The summed E-state index contributed by atoms with van der Waals surface area (Å²) in [6, 6.07) is 13.0. The van der Waals surface area contributed by atoms with E-state index in [0.717, 1.165) is 0 Å². The van der Waals surface area contributed by atoms with Crippen LogP contribution in [0.1, 0.15) is 15.9 Å². The predicted octanol–water partition coefficient (Wildman–Crippen LogP) is 3.78. The molecule has 0 fully saturated rings. The Morgan fingerprint density at radius 1 is 1.09 bits per heavy atom. The number of aromatic carboxylic acids is 1. The molecular formula is C17H12N2O4. The Labute approximate surface area is 130 Å². The van der Waals surface area contributed by atoms with Gasteiger partial charge in [0.15, 0.2) is 5.43 Å². The largest absolute Gasteiger partial charge is 0.478 e. The first-order valence-electron chi connectivity index (χ1n) is 6.85. The Morgan fingerprint density at radius 3 is 2.57 bits per heavy atom. The van der Waals surface area contributed by atoms with Crippen LogP contribution in [0.5, 0.6) is 0 Å². The zero-order valence-corrected chi connectivity index (χ0v) is 12.0. The molecule has 0 aliphatic heterocycles. The fourth-order valence-corrected chi connectivity index (χ4v) is 2.09. The predicted molar refractivity (Wildman–Crippen MR) is 84.1 cm³/mol. The molecule has 0 aliphatic carbocycles. The first-order valence-corrected chi connectivity index (χ1v) is 6.85. The van der Waals surface area contributed by atoms with Gasteiger partial charge < -0.3 is 9.52 Å². The Morgan fingerprint density at radius 2 is 1.83 bits per heavy atom. The van der Waals surface area contributed by atoms with Crippen molar-refractivity contribution in [2.45, 2.75) is 6.54 Å². The van der Waals surface area contributed by atoms with Gasteiger partial charge in [-0.25, -0.2) is 4.79 Å². The number of nitrogens with zero attached hydrogens (tertiary/aromatic N) is 2. The van der Waals surface area contributed by atoms with E-state index in [1.54, 1.807) is 36.4 Å². The highest BCUT2D eigenvalue weighted by Gasteiger charge is 2.06. The van der Waals surface area contributed by atoms with Crippen molar-refractivity contribution in [3.05, 3.63) is 76.1 Å². The first kappa shape index (κ1) is 14.6. The Bertz CT molecular complexity index is 943. The van der Waals surface area contributed by atoms with Gasteiger partial charge >= 0.3 is 5.97 Å². The number of rotatable bonds is 4. The number of carbonyl (C=O) groups is 1. The minimum absolute atomic E-state index is 0.0911. The number of hydrogen-bond donors (Lipinski definition) is 1. The number of carboxylic acid groups (broad SMARTS) is 1. The molecular weight excluding hydrogens is 296 g/mol. The molecule has 0 unspecified atom stereocenters. The third kappa shape index (κ3) is 3.16. The van der Waals surface area contributed by atoms with Crippen molar-refractivity contribution in [3.8, 4) is 0 Å². The van der Waals surface area contributed by atoms with Gasteiger partial charge in [-0.1, -0.05) is 12.1 Å². The van der Waals surface area contributed by atoms with Crippen LogP contribution in [0.4, 0.5) is 5.69 Å². The van der Waals surface area contributed by atoms with E-state index in [-0.39, 0.29) is 17.5 Å². The highest BCUT2D eigenvalue weighted by atomic mass is 16.4. The fraction of sp³-hybridized carbons (Fsp3) is 0.0588. The van der Waals surface area contributed by atoms with Gasteiger partial charge in [0.2, 0.25) is 0 Å². The molecule has 3 rings (SSSR count). The maximum atomic E-state index is 12.3. The van der Waals surface area contributed by atoms with Crippen LogP contribution >= 0.6 is 0 Å². The molecule has 6 nitrogen and oxygen atoms in total. The summed E-state index contributed by atoms with van der Waals surface area (Å²) in [5.41, 5.74) is 1.50. The lowest BCUT2D eigenvalue weighted by Crippen LogP contribution is -2.07. The van der Waals surface area contributed by atoms with Crippen molar-refractivity contribution >= 4 is 22.6 Å². The van der Waals surface area contributed by atoms with E-state index in [1.165, 1.54) is 18.4 Å². The van der Waals surface area contributed by atoms with Crippen molar-refractivity contribution in [1.29, 1.82) is 0 Å². The average Bonchev–Trinajstić information content (AvgIpc) is 2.57. The summed E-state index contributed by atoms with van der Waals surface area (Å²) in [7, 11) is 0. The molecule has 0 radical (unpaired) electrons. The van der Waals surface area contributed by atoms with Crippen LogP contribution in [0, 0.1) is 0 Å². The van der Waals surface area contributed by atoms with Crippen molar-refractivity contribution < 1.29 is 14.3 Å². The van der Waals surface area contributed by atoms with Gasteiger partial charge in [-0.2, -0.15) is 10.2 Å². The molecule has 2 aromatic carbocycles. The van der Waals surface area contributed by atoms with Crippen LogP contribution < -0.4 is 5.43 Å². The zero-order valence-electron chi connectivity index (χ0n) is 12.0. The van der Waals surface area contributed by atoms with Crippen LogP contribution in [-0.2, 0) is 6.54 Å². The summed E-state index contributed by atoms with van der Waals surface area (Å²) in [5, 5.41) is 17.3. The topological polar surface area (TPSA) is 92.2 Å². The molecule has 0 spiro atoms. The van der Waals surface area contributed by atoms with Crippen LogP contribution in [0.25, 0.3) is 11.0 Å². The number of hydrogen-bond acceptors (Lipinski definition) is 5. The molecule has 1 N–H and O–H groups in total. The van der Waals surface area contributed by atoms with Gasteiger partial charge in [0, 0.05) is 0 Å². The maximum Gasteiger partial charge on any atom is 0.335 e. The van der Waals surface area contributed by atoms with E-state index in [4.69, 9.17) is 9.52 Å². The molecule has 23 heavy (non-hydrogen) atoms. The average molecular weight is 308 g/mol. The summed E-state index contributed by atoms with van der Waals surface area (Å²) in [6.45, 7) is 0.0911. The molecule has 1 heterocycles. The Balaban J connectivity index is 1.79. The van der Waals surface area contributed by atoms with E-state index in [2.05, 4.69) is 10.2 Å². The minimum Gasteiger partial charge on any atom is -0.478 e. The number of fused-ring (bicyclic) bond motifs is 1. The van der Waals surface area contributed by atoms with Gasteiger partial charge in [-0.15, -0.1) is 0 Å². The van der Waals surface area contributed by atoms with E-state index >= 15 is 0 Å². The molecule has 0 saturated carbocycles. The summed E-state index contributed by atoms with van der Waals surface area (Å²) >= 11 is 0. The van der Waals surface area contributed by atoms with E-state index in [9.17, 15) is 9.59 Å². The van der Waals surface area contributed by atoms with Crippen molar-refractivity contribution in [2.75, 3.05) is 0 Å². The Hall–Kier alpha value is -3.28. The van der Waals surface area contributed by atoms with Crippen molar-refractivity contribution in [2.24, 2.45) is 10.2 Å². The third-order valence-electron chi connectivity index (χ3n) is 3.29. The molecule has 6 heteroatoms. The highest BCUT2D eigenvalue weighted by molar-refractivity contribution is 5.87. The first-order chi connectivity index (χ1) is 11.1. The maximum absolute atomic E-state index is 12.3. The van der Waals surface area contributed by atoms with Gasteiger partial charge in [0.25, 0.3) is 0 Å². The van der Waals surface area contributed by atoms with Crippen LogP contribution in [0.15, 0.2) is 74.2 Å². The van der Waals surface area contributed by atoms with E-state index in [0.29, 0.717) is 22.2 Å². The van der Waals surface area contributed by atoms with Crippen molar-refractivity contribution in [1.82, 2.24) is 0 Å². The van der Waals surface area contributed by atoms with Crippen LogP contribution in [0.2, 0.25) is 0 Å². The van der Waals surface area contributed by atoms with Gasteiger partial charge in [0.05, 0.1) is 28.7 Å². The second-order valence-corrected chi connectivity index (χ2v) is 4.84. The number of para-hydroxylation sites is 1. The highest BCUT2D eigenvalue weighted by Crippen LogP contribution is 2.15. The summed E-state index contributed by atoms with van der Waals surface area (Å²) < 4.78 is 5.40. The monoisotopic (exact) mass is 308 g/mol. The number of carboxylic acids is 1. The Kier molecular flexibility index (Phi) is 3.97. The minimum atomic E-state index is -0.998. The van der Waals surface area contributed by atoms with Gasteiger partial charge in [0.1, 0.15) is 11.8 Å².